The molecule has 0 aliphatic heterocycles. The van der Waals surface area contributed by atoms with Crippen LogP contribution in [-0.4, -0.2) is 34.9 Å². The summed E-state index contributed by atoms with van der Waals surface area (Å²) in [4.78, 5) is 12.1. The Morgan fingerprint density at radius 2 is 1.86 bits per heavy atom. The predicted octanol–water partition coefficient (Wildman–Crippen LogP) is 2.33. The predicted molar refractivity (Wildman–Crippen MR) is 73.8 cm³/mol. The van der Waals surface area contributed by atoms with Crippen LogP contribution in [0.15, 0.2) is 22.7 Å². The molecule has 1 aromatic rings. The minimum Gasteiger partial charge on any atom is -0.394 e. The van der Waals surface area contributed by atoms with Gasteiger partial charge in [-0.15, -0.1) is 0 Å². The SMILES string of the molecule is CCC(CO)(CO)NC(=O)c1ccc(Br)cc1C(F)(F)F. The van der Waals surface area contributed by atoms with Gasteiger partial charge in [0.15, 0.2) is 0 Å². The molecular formula is C13H15BrF3NO3. The lowest BCUT2D eigenvalue weighted by Gasteiger charge is -2.30. The van der Waals surface area contributed by atoms with Crippen LogP contribution in [0.4, 0.5) is 13.2 Å². The number of carbonyl (C=O) groups excluding carboxylic acids is 1. The van der Waals surface area contributed by atoms with E-state index in [9.17, 15) is 28.2 Å². The van der Waals surface area contributed by atoms with Crippen LogP contribution in [0.3, 0.4) is 0 Å². The highest BCUT2D eigenvalue weighted by molar-refractivity contribution is 9.10. The maximum atomic E-state index is 13.0. The van der Waals surface area contributed by atoms with Crippen LogP contribution in [0.1, 0.15) is 29.3 Å². The molecule has 1 aromatic carbocycles. The summed E-state index contributed by atoms with van der Waals surface area (Å²) in [5, 5.41) is 20.8. The first-order valence-electron chi connectivity index (χ1n) is 6.10. The molecule has 8 heteroatoms. The van der Waals surface area contributed by atoms with E-state index in [1.807, 2.05) is 0 Å². The molecule has 0 bridgehead atoms. The van der Waals surface area contributed by atoms with E-state index in [2.05, 4.69) is 21.2 Å². The number of hydrogen-bond donors (Lipinski definition) is 3. The van der Waals surface area contributed by atoms with Crippen molar-refractivity contribution in [1.29, 1.82) is 0 Å². The van der Waals surface area contributed by atoms with E-state index in [1.54, 1.807) is 6.92 Å². The Bertz CT molecular complexity index is 508. The minimum absolute atomic E-state index is 0.170. The average Bonchev–Trinajstić information content (AvgIpc) is 2.43. The molecule has 0 aliphatic carbocycles. The Morgan fingerprint density at radius 1 is 1.29 bits per heavy atom. The highest BCUT2D eigenvalue weighted by Crippen LogP contribution is 2.34. The Balaban J connectivity index is 3.19. The summed E-state index contributed by atoms with van der Waals surface area (Å²) < 4.78 is 39.1. The number of carbonyl (C=O) groups is 1. The summed E-state index contributed by atoms with van der Waals surface area (Å²) in [5.74, 6) is -1.00. The maximum Gasteiger partial charge on any atom is 0.417 e. The molecule has 0 radical (unpaired) electrons. The van der Waals surface area contributed by atoms with Crippen molar-refractivity contribution in [3.8, 4) is 0 Å². The molecule has 4 nitrogen and oxygen atoms in total. The molecule has 0 fully saturated rings. The summed E-state index contributed by atoms with van der Waals surface area (Å²) in [5.41, 5.74) is -3.01. The second-order valence-electron chi connectivity index (χ2n) is 4.59. The summed E-state index contributed by atoms with van der Waals surface area (Å²) >= 11 is 2.93. The van der Waals surface area contributed by atoms with Gasteiger partial charge in [0.05, 0.1) is 29.9 Å². The molecule has 0 saturated heterocycles. The van der Waals surface area contributed by atoms with E-state index in [4.69, 9.17) is 0 Å². The molecule has 0 spiro atoms. The van der Waals surface area contributed by atoms with Crippen molar-refractivity contribution in [3.63, 3.8) is 0 Å². The quantitative estimate of drug-likeness (QED) is 0.745. The lowest BCUT2D eigenvalue weighted by atomic mass is 9.97. The maximum absolute atomic E-state index is 13.0. The molecule has 0 unspecified atom stereocenters. The van der Waals surface area contributed by atoms with Crippen molar-refractivity contribution in [2.45, 2.75) is 25.1 Å². The van der Waals surface area contributed by atoms with Crippen molar-refractivity contribution in [1.82, 2.24) is 5.32 Å². The Kier molecular flexibility index (Phi) is 5.77. The van der Waals surface area contributed by atoms with Gasteiger partial charge in [-0.05, 0) is 24.6 Å². The smallest absolute Gasteiger partial charge is 0.394 e. The van der Waals surface area contributed by atoms with Gasteiger partial charge in [-0.1, -0.05) is 22.9 Å². The minimum atomic E-state index is -4.69. The number of nitrogens with one attached hydrogen (secondary N) is 1. The van der Waals surface area contributed by atoms with E-state index < -0.39 is 42.0 Å². The molecule has 0 saturated carbocycles. The largest absolute Gasteiger partial charge is 0.417 e. The first-order valence-corrected chi connectivity index (χ1v) is 6.89. The normalized spacial score (nSPS) is 12.3. The van der Waals surface area contributed by atoms with E-state index in [-0.39, 0.29) is 10.9 Å². The fourth-order valence-electron chi connectivity index (χ4n) is 1.70. The van der Waals surface area contributed by atoms with Gasteiger partial charge in [-0.3, -0.25) is 4.79 Å². The number of amides is 1. The number of halogens is 4. The molecule has 1 amide bonds. The van der Waals surface area contributed by atoms with Crippen molar-refractivity contribution in [2.75, 3.05) is 13.2 Å². The zero-order chi connectivity index (χ0) is 16.3. The number of aliphatic hydroxyl groups is 2. The number of benzene rings is 1. The third kappa shape index (κ3) is 4.18. The zero-order valence-corrected chi connectivity index (χ0v) is 12.8. The highest BCUT2D eigenvalue weighted by atomic mass is 79.9. The fraction of sp³-hybridized carbons (Fsp3) is 0.462. The van der Waals surface area contributed by atoms with Crippen LogP contribution < -0.4 is 5.32 Å². The zero-order valence-electron chi connectivity index (χ0n) is 11.2. The number of rotatable bonds is 5. The molecular weight excluding hydrogens is 355 g/mol. The summed E-state index contributed by atoms with van der Waals surface area (Å²) in [6.07, 6.45) is -4.52. The molecule has 21 heavy (non-hydrogen) atoms. The van der Waals surface area contributed by atoms with E-state index in [0.717, 1.165) is 12.1 Å². The molecule has 0 atom stereocenters. The first kappa shape index (κ1) is 17.9. The molecule has 1 rings (SSSR count). The third-order valence-corrected chi connectivity index (χ3v) is 3.69. The van der Waals surface area contributed by atoms with Gasteiger partial charge in [-0.25, -0.2) is 0 Å². The van der Waals surface area contributed by atoms with Gasteiger partial charge in [0.2, 0.25) is 0 Å². The molecule has 0 heterocycles. The highest BCUT2D eigenvalue weighted by Gasteiger charge is 2.37. The van der Waals surface area contributed by atoms with Crippen molar-refractivity contribution in [3.05, 3.63) is 33.8 Å². The molecule has 118 valence electrons. The topological polar surface area (TPSA) is 69.6 Å². The lowest BCUT2D eigenvalue weighted by Crippen LogP contribution is -2.54. The van der Waals surface area contributed by atoms with E-state index in [0.29, 0.717) is 0 Å². The molecule has 0 aromatic heterocycles. The van der Waals surface area contributed by atoms with E-state index >= 15 is 0 Å². The second kappa shape index (κ2) is 6.76. The Hall–Kier alpha value is -1.12. The summed E-state index contributed by atoms with van der Waals surface area (Å²) in [7, 11) is 0. The Morgan fingerprint density at radius 3 is 2.29 bits per heavy atom. The van der Waals surface area contributed by atoms with Crippen LogP contribution >= 0.6 is 15.9 Å². The number of aliphatic hydroxyl groups excluding tert-OH is 2. The Labute approximate surface area is 128 Å². The van der Waals surface area contributed by atoms with Crippen molar-refractivity contribution < 1.29 is 28.2 Å². The third-order valence-electron chi connectivity index (χ3n) is 3.19. The molecule has 0 aliphatic rings. The van der Waals surface area contributed by atoms with Gasteiger partial charge in [0, 0.05) is 4.47 Å². The van der Waals surface area contributed by atoms with Crippen LogP contribution in [0.5, 0.6) is 0 Å². The van der Waals surface area contributed by atoms with Crippen LogP contribution in [0, 0.1) is 0 Å². The van der Waals surface area contributed by atoms with Crippen molar-refractivity contribution in [2.24, 2.45) is 0 Å². The van der Waals surface area contributed by atoms with Gasteiger partial charge < -0.3 is 15.5 Å². The van der Waals surface area contributed by atoms with Crippen molar-refractivity contribution >= 4 is 21.8 Å². The van der Waals surface area contributed by atoms with Gasteiger partial charge in [0.1, 0.15) is 0 Å². The number of hydrogen-bond acceptors (Lipinski definition) is 3. The molecule has 3 N–H and O–H groups in total. The van der Waals surface area contributed by atoms with Gasteiger partial charge >= 0.3 is 6.18 Å². The summed E-state index contributed by atoms with van der Waals surface area (Å²) in [6, 6.07) is 3.16. The van der Waals surface area contributed by atoms with Gasteiger partial charge in [-0.2, -0.15) is 13.2 Å². The number of alkyl halides is 3. The lowest BCUT2D eigenvalue weighted by molar-refractivity contribution is -0.138. The average molecular weight is 370 g/mol. The monoisotopic (exact) mass is 369 g/mol. The standard InChI is InChI=1S/C13H15BrF3NO3/c1-2-12(6-19,7-20)18-11(21)9-4-3-8(14)5-10(9)13(15,16)17/h3-5,19-20H,2,6-7H2,1H3,(H,18,21). The first-order chi connectivity index (χ1) is 9.69. The fourth-order valence-corrected chi connectivity index (χ4v) is 2.06. The van der Waals surface area contributed by atoms with E-state index in [1.165, 1.54) is 6.07 Å². The van der Waals surface area contributed by atoms with Crippen LogP contribution in [-0.2, 0) is 6.18 Å². The van der Waals surface area contributed by atoms with Crippen LogP contribution in [0.25, 0.3) is 0 Å². The van der Waals surface area contributed by atoms with Crippen LogP contribution in [0.2, 0.25) is 0 Å². The van der Waals surface area contributed by atoms with Gasteiger partial charge in [0.25, 0.3) is 5.91 Å². The second-order valence-corrected chi connectivity index (χ2v) is 5.51. The summed E-state index contributed by atoms with van der Waals surface area (Å²) in [6.45, 7) is 0.437.